The summed E-state index contributed by atoms with van der Waals surface area (Å²) in [4.78, 5) is 0. The van der Waals surface area contributed by atoms with Crippen LogP contribution in [0.3, 0.4) is 0 Å². The van der Waals surface area contributed by atoms with Gasteiger partial charge in [-0.2, -0.15) is 5.10 Å². The van der Waals surface area contributed by atoms with Crippen molar-refractivity contribution in [1.29, 1.82) is 0 Å². The molecule has 0 radical (unpaired) electrons. The first kappa shape index (κ1) is 10.4. The van der Waals surface area contributed by atoms with Crippen LogP contribution >= 0.6 is 0 Å². The molecule has 2 heterocycles. The second kappa shape index (κ2) is 5.07. The van der Waals surface area contributed by atoms with Crippen molar-refractivity contribution in [2.24, 2.45) is 0 Å². The van der Waals surface area contributed by atoms with Crippen LogP contribution in [0.5, 0.6) is 5.88 Å². The van der Waals surface area contributed by atoms with E-state index in [0.29, 0.717) is 12.0 Å². The van der Waals surface area contributed by atoms with Gasteiger partial charge in [0.05, 0.1) is 18.9 Å². The molecule has 2 rings (SSSR count). The van der Waals surface area contributed by atoms with Gasteiger partial charge in [-0.1, -0.05) is 0 Å². The summed E-state index contributed by atoms with van der Waals surface area (Å²) in [6.45, 7) is 0.883. The van der Waals surface area contributed by atoms with Crippen molar-refractivity contribution >= 4 is 0 Å². The minimum absolute atomic E-state index is 0.321. The molecule has 1 atom stereocenters. The van der Waals surface area contributed by atoms with Crippen LogP contribution < -0.4 is 4.74 Å². The minimum atomic E-state index is 0.321. The van der Waals surface area contributed by atoms with Crippen LogP contribution in [0.2, 0.25) is 0 Å². The highest BCUT2D eigenvalue weighted by Crippen LogP contribution is 2.16. The van der Waals surface area contributed by atoms with Gasteiger partial charge in [0.25, 0.3) is 0 Å². The Hall–Kier alpha value is -1.16. The lowest BCUT2D eigenvalue weighted by molar-refractivity contribution is 0.0161. The van der Waals surface area contributed by atoms with Crippen LogP contribution in [0.4, 0.5) is 0 Å². The van der Waals surface area contributed by atoms with Gasteiger partial charge in [-0.05, 0) is 25.3 Å². The van der Waals surface area contributed by atoms with Crippen LogP contribution in [0.25, 0.3) is 0 Å². The van der Waals surface area contributed by atoms with Gasteiger partial charge >= 0.3 is 0 Å². The standard InChI is InChI=1S/C11H16N2O2/c1-14-11-6-5-9(12-13-11)8-10-4-2-3-7-15-10/h5-6,10H,2-4,7-8H2,1H3. The Morgan fingerprint density at radius 3 is 2.93 bits per heavy atom. The predicted octanol–water partition coefficient (Wildman–Crippen LogP) is 1.60. The highest BCUT2D eigenvalue weighted by Gasteiger charge is 2.15. The van der Waals surface area contributed by atoms with Gasteiger partial charge in [-0.15, -0.1) is 5.10 Å². The fourth-order valence-corrected chi connectivity index (χ4v) is 1.77. The van der Waals surface area contributed by atoms with E-state index in [1.807, 2.05) is 12.1 Å². The van der Waals surface area contributed by atoms with E-state index in [1.54, 1.807) is 7.11 Å². The van der Waals surface area contributed by atoms with Crippen LogP contribution in [0, 0.1) is 0 Å². The van der Waals surface area contributed by atoms with Gasteiger partial charge < -0.3 is 9.47 Å². The van der Waals surface area contributed by atoms with Crippen LogP contribution in [0.15, 0.2) is 12.1 Å². The lowest BCUT2D eigenvalue weighted by Gasteiger charge is -2.21. The Morgan fingerprint density at radius 1 is 1.40 bits per heavy atom. The Morgan fingerprint density at radius 2 is 2.33 bits per heavy atom. The fraction of sp³-hybridized carbons (Fsp3) is 0.636. The van der Waals surface area contributed by atoms with Crippen molar-refractivity contribution < 1.29 is 9.47 Å². The Labute approximate surface area is 89.6 Å². The van der Waals surface area contributed by atoms with Crippen molar-refractivity contribution in [2.75, 3.05) is 13.7 Å². The highest BCUT2D eigenvalue weighted by atomic mass is 16.5. The number of methoxy groups -OCH3 is 1. The molecule has 82 valence electrons. The summed E-state index contributed by atoms with van der Waals surface area (Å²) in [6.07, 6.45) is 4.76. The van der Waals surface area contributed by atoms with Crippen LogP contribution in [0.1, 0.15) is 25.0 Å². The SMILES string of the molecule is COc1ccc(CC2CCCCO2)nn1. The van der Waals surface area contributed by atoms with E-state index in [-0.39, 0.29) is 0 Å². The first-order valence-electron chi connectivity index (χ1n) is 5.36. The van der Waals surface area contributed by atoms with E-state index in [2.05, 4.69) is 10.2 Å². The third-order valence-electron chi connectivity index (χ3n) is 2.62. The van der Waals surface area contributed by atoms with Gasteiger partial charge in [0.15, 0.2) is 0 Å². The third-order valence-corrected chi connectivity index (χ3v) is 2.62. The lowest BCUT2D eigenvalue weighted by Crippen LogP contribution is -2.21. The molecule has 1 aromatic rings. The molecule has 0 amide bonds. The molecule has 0 bridgehead atoms. The van der Waals surface area contributed by atoms with Crippen molar-refractivity contribution in [3.63, 3.8) is 0 Å². The second-order valence-electron chi connectivity index (χ2n) is 3.76. The quantitative estimate of drug-likeness (QED) is 0.756. The molecule has 1 fully saturated rings. The number of hydrogen-bond acceptors (Lipinski definition) is 4. The fourth-order valence-electron chi connectivity index (χ4n) is 1.77. The first-order chi connectivity index (χ1) is 7.38. The Bertz CT molecular complexity index is 294. The monoisotopic (exact) mass is 208 g/mol. The lowest BCUT2D eigenvalue weighted by atomic mass is 10.0. The van der Waals surface area contributed by atoms with Crippen molar-refractivity contribution in [3.05, 3.63) is 17.8 Å². The van der Waals surface area contributed by atoms with E-state index in [0.717, 1.165) is 25.1 Å². The molecule has 0 spiro atoms. The molecular formula is C11H16N2O2. The number of rotatable bonds is 3. The van der Waals surface area contributed by atoms with Gasteiger partial charge in [-0.3, -0.25) is 0 Å². The summed E-state index contributed by atoms with van der Waals surface area (Å²) in [5.41, 5.74) is 0.975. The Kier molecular flexibility index (Phi) is 3.50. The minimum Gasteiger partial charge on any atom is -0.480 e. The molecule has 15 heavy (non-hydrogen) atoms. The third kappa shape index (κ3) is 2.89. The molecule has 0 saturated carbocycles. The zero-order valence-electron chi connectivity index (χ0n) is 8.98. The molecule has 0 aromatic carbocycles. The molecule has 4 nitrogen and oxygen atoms in total. The van der Waals surface area contributed by atoms with Gasteiger partial charge in [0.1, 0.15) is 0 Å². The second-order valence-corrected chi connectivity index (χ2v) is 3.76. The normalized spacial score (nSPS) is 21.3. The van der Waals surface area contributed by atoms with E-state index >= 15 is 0 Å². The summed E-state index contributed by atoms with van der Waals surface area (Å²) < 4.78 is 10.6. The molecule has 1 aromatic heterocycles. The smallest absolute Gasteiger partial charge is 0.233 e. The maximum atomic E-state index is 5.64. The molecule has 0 N–H and O–H groups in total. The number of nitrogens with zero attached hydrogens (tertiary/aromatic N) is 2. The molecule has 1 aliphatic rings. The summed E-state index contributed by atoms with van der Waals surface area (Å²) >= 11 is 0. The molecule has 1 unspecified atom stereocenters. The first-order valence-corrected chi connectivity index (χ1v) is 5.36. The number of hydrogen-bond donors (Lipinski definition) is 0. The molecule has 4 heteroatoms. The molecular weight excluding hydrogens is 192 g/mol. The van der Waals surface area contributed by atoms with Crippen molar-refractivity contribution in [2.45, 2.75) is 31.8 Å². The van der Waals surface area contributed by atoms with E-state index in [9.17, 15) is 0 Å². The average Bonchev–Trinajstić information content (AvgIpc) is 2.31. The zero-order chi connectivity index (χ0) is 10.5. The van der Waals surface area contributed by atoms with E-state index in [4.69, 9.17) is 9.47 Å². The van der Waals surface area contributed by atoms with Crippen LogP contribution in [-0.4, -0.2) is 30.0 Å². The predicted molar refractivity (Wildman–Crippen MR) is 55.9 cm³/mol. The number of ether oxygens (including phenoxy) is 2. The maximum Gasteiger partial charge on any atom is 0.233 e. The van der Waals surface area contributed by atoms with E-state index in [1.165, 1.54) is 12.8 Å². The zero-order valence-corrected chi connectivity index (χ0v) is 8.98. The summed E-state index contributed by atoms with van der Waals surface area (Å²) in [5, 5.41) is 8.02. The Balaban J connectivity index is 1.91. The van der Waals surface area contributed by atoms with Crippen molar-refractivity contribution in [1.82, 2.24) is 10.2 Å². The number of aromatic nitrogens is 2. The maximum absolute atomic E-state index is 5.64. The van der Waals surface area contributed by atoms with Crippen molar-refractivity contribution in [3.8, 4) is 5.88 Å². The van der Waals surface area contributed by atoms with Gasteiger partial charge in [0, 0.05) is 19.1 Å². The summed E-state index contributed by atoms with van der Waals surface area (Å²) in [6, 6.07) is 3.79. The van der Waals surface area contributed by atoms with E-state index < -0.39 is 0 Å². The van der Waals surface area contributed by atoms with Crippen LogP contribution in [-0.2, 0) is 11.2 Å². The topological polar surface area (TPSA) is 44.2 Å². The van der Waals surface area contributed by atoms with Gasteiger partial charge in [-0.25, -0.2) is 0 Å². The highest BCUT2D eigenvalue weighted by molar-refractivity contribution is 5.11. The summed E-state index contributed by atoms with van der Waals surface area (Å²) in [5.74, 6) is 0.559. The summed E-state index contributed by atoms with van der Waals surface area (Å²) in [7, 11) is 1.59. The average molecular weight is 208 g/mol. The molecule has 0 aliphatic carbocycles. The molecule has 1 saturated heterocycles. The van der Waals surface area contributed by atoms with Gasteiger partial charge in [0.2, 0.25) is 5.88 Å². The largest absolute Gasteiger partial charge is 0.480 e. The molecule has 1 aliphatic heterocycles.